The summed E-state index contributed by atoms with van der Waals surface area (Å²) in [6, 6.07) is 13.4. The van der Waals surface area contributed by atoms with E-state index in [0.717, 1.165) is 12.2 Å². The summed E-state index contributed by atoms with van der Waals surface area (Å²) < 4.78 is 10.2. The lowest BCUT2D eigenvalue weighted by Crippen LogP contribution is -2.28. The number of carbonyl (C=O) groups is 1. The molecule has 0 aliphatic carbocycles. The summed E-state index contributed by atoms with van der Waals surface area (Å²) in [6.07, 6.45) is 0. The Morgan fingerprint density at radius 2 is 1.62 bits per heavy atom. The minimum Gasteiger partial charge on any atom is -0.464 e. The summed E-state index contributed by atoms with van der Waals surface area (Å²) in [5.41, 5.74) is 2.22. The summed E-state index contributed by atoms with van der Waals surface area (Å²) in [7, 11) is 0. The Balaban J connectivity index is 1.88. The Kier molecular flexibility index (Phi) is 8.71. The fraction of sp³-hybridized carbons (Fsp3) is 0.350. The average Bonchev–Trinajstić information content (AvgIpc) is 2.73. The second-order valence-corrected chi connectivity index (χ2v) is 5.93. The molecule has 0 saturated carbocycles. The first-order valence-electron chi connectivity index (χ1n) is 9.28. The molecule has 0 saturated heterocycles. The maximum Gasteiger partial charge on any atom is 0.332 e. The van der Waals surface area contributed by atoms with E-state index in [1.165, 1.54) is 12.1 Å². The van der Waals surface area contributed by atoms with Gasteiger partial charge in [-0.05, 0) is 50.2 Å². The highest BCUT2D eigenvalue weighted by Gasteiger charge is 2.07. The number of nitro groups is 1. The number of nitro benzene ring substituents is 1. The Hall–Kier alpha value is -3.33. The maximum absolute atomic E-state index is 11.3. The predicted octanol–water partition coefficient (Wildman–Crippen LogP) is 4.42. The summed E-state index contributed by atoms with van der Waals surface area (Å²) in [4.78, 5) is 23.6. The van der Waals surface area contributed by atoms with E-state index >= 15 is 0 Å². The molecule has 2 rings (SSSR count). The van der Waals surface area contributed by atoms with E-state index < -0.39 is 4.92 Å². The highest BCUT2D eigenvalue weighted by atomic mass is 16.6. The zero-order chi connectivity index (χ0) is 21.1. The third-order valence-corrected chi connectivity index (χ3v) is 3.97. The number of hydrogen-bond donors (Lipinski definition) is 0. The van der Waals surface area contributed by atoms with Crippen molar-refractivity contribution in [1.82, 2.24) is 0 Å². The molecule has 0 fully saturated rings. The number of likely N-dealkylation sites (N-methyl/N-ethyl adjacent to an activating group) is 1. The smallest absolute Gasteiger partial charge is 0.332 e. The molecular weight excluding hydrogens is 376 g/mol. The van der Waals surface area contributed by atoms with E-state index in [1.807, 2.05) is 31.2 Å². The van der Waals surface area contributed by atoms with E-state index in [0.29, 0.717) is 31.1 Å². The zero-order valence-electron chi connectivity index (χ0n) is 16.5. The van der Waals surface area contributed by atoms with Gasteiger partial charge in [0, 0.05) is 30.9 Å². The SMILES string of the molecule is CCOC(=O)COCCN(CC)c1ccc(/N=N/c2ccc([N+](=O)[O-])cc2)cc1. The van der Waals surface area contributed by atoms with Crippen LogP contribution < -0.4 is 4.90 Å². The van der Waals surface area contributed by atoms with Gasteiger partial charge in [-0.25, -0.2) is 4.79 Å². The van der Waals surface area contributed by atoms with Crippen LogP contribution in [-0.2, 0) is 14.3 Å². The summed E-state index contributed by atoms with van der Waals surface area (Å²) in [6.45, 7) is 5.92. The lowest BCUT2D eigenvalue weighted by molar-refractivity contribution is -0.384. The number of azo groups is 1. The molecule has 2 aromatic carbocycles. The van der Waals surface area contributed by atoms with Gasteiger partial charge < -0.3 is 14.4 Å². The highest BCUT2D eigenvalue weighted by Crippen LogP contribution is 2.23. The molecule has 9 nitrogen and oxygen atoms in total. The van der Waals surface area contributed by atoms with Crippen molar-refractivity contribution >= 4 is 28.7 Å². The quantitative estimate of drug-likeness (QED) is 0.182. The Morgan fingerprint density at radius 3 is 2.14 bits per heavy atom. The lowest BCUT2D eigenvalue weighted by atomic mass is 10.2. The molecule has 0 amide bonds. The van der Waals surface area contributed by atoms with Crippen molar-refractivity contribution in [2.75, 3.05) is 37.8 Å². The Morgan fingerprint density at radius 1 is 1.03 bits per heavy atom. The fourth-order valence-electron chi connectivity index (χ4n) is 2.49. The van der Waals surface area contributed by atoms with E-state index in [1.54, 1.807) is 19.1 Å². The standard InChI is InChI=1S/C20H24N4O5/c1-3-23(13-14-28-15-20(25)29-4-2)18-9-5-16(6-10-18)21-22-17-7-11-19(12-8-17)24(26)27/h5-12H,3-4,13-15H2,1-2H3/b22-21+. The van der Waals surface area contributed by atoms with Gasteiger partial charge in [-0.1, -0.05) is 0 Å². The number of rotatable bonds is 11. The number of nitrogens with zero attached hydrogens (tertiary/aromatic N) is 4. The molecule has 0 bridgehead atoms. The molecule has 29 heavy (non-hydrogen) atoms. The molecule has 0 radical (unpaired) electrons. The Bertz CT molecular complexity index is 822. The number of anilines is 1. The molecule has 0 unspecified atom stereocenters. The number of hydrogen-bond acceptors (Lipinski definition) is 8. The number of esters is 1. The fourth-order valence-corrected chi connectivity index (χ4v) is 2.49. The third kappa shape index (κ3) is 7.30. The largest absolute Gasteiger partial charge is 0.464 e. The van der Waals surface area contributed by atoms with Crippen molar-refractivity contribution in [3.63, 3.8) is 0 Å². The molecule has 0 N–H and O–H groups in total. The molecule has 0 spiro atoms. The van der Waals surface area contributed by atoms with Crippen LogP contribution in [0.4, 0.5) is 22.7 Å². The van der Waals surface area contributed by atoms with Gasteiger partial charge in [0.05, 0.1) is 29.5 Å². The molecule has 0 aromatic heterocycles. The van der Waals surface area contributed by atoms with Crippen molar-refractivity contribution in [3.8, 4) is 0 Å². The third-order valence-electron chi connectivity index (χ3n) is 3.97. The van der Waals surface area contributed by atoms with Gasteiger partial charge in [0.2, 0.25) is 0 Å². The van der Waals surface area contributed by atoms with Crippen LogP contribution in [0.5, 0.6) is 0 Å². The van der Waals surface area contributed by atoms with E-state index in [-0.39, 0.29) is 18.3 Å². The first-order valence-corrected chi connectivity index (χ1v) is 9.28. The maximum atomic E-state index is 11.3. The molecule has 0 aliphatic rings. The van der Waals surface area contributed by atoms with Crippen LogP contribution in [0.1, 0.15) is 13.8 Å². The molecule has 9 heteroatoms. The van der Waals surface area contributed by atoms with Crippen molar-refractivity contribution < 1.29 is 19.2 Å². The van der Waals surface area contributed by atoms with Crippen LogP contribution in [0, 0.1) is 10.1 Å². The molecule has 0 atom stereocenters. The summed E-state index contributed by atoms with van der Waals surface area (Å²) in [5.74, 6) is -0.363. The van der Waals surface area contributed by atoms with Crippen LogP contribution in [0.15, 0.2) is 58.8 Å². The average molecular weight is 400 g/mol. The van der Waals surface area contributed by atoms with Gasteiger partial charge in [0.1, 0.15) is 6.61 Å². The second-order valence-electron chi connectivity index (χ2n) is 5.93. The van der Waals surface area contributed by atoms with Crippen molar-refractivity contribution in [1.29, 1.82) is 0 Å². The molecule has 154 valence electrons. The van der Waals surface area contributed by atoms with E-state index in [4.69, 9.17) is 9.47 Å². The number of carbonyl (C=O) groups excluding carboxylic acids is 1. The summed E-state index contributed by atoms with van der Waals surface area (Å²) in [5, 5.41) is 18.9. The van der Waals surface area contributed by atoms with Crippen molar-refractivity contribution in [2.24, 2.45) is 10.2 Å². The van der Waals surface area contributed by atoms with Crippen LogP contribution in [0.2, 0.25) is 0 Å². The van der Waals surface area contributed by atoms with Crippen LogP contribution in [-0.4, -0.2) is 43.8 Å². The van der Waals surface area contributed by atoms with Crippen LogP contribution in [0.25, 0.3) is 0 Å². The molecule has 2 aromatic rings. The van der Waals surface area contributed by atoms with Gasteiger partial charge >= 0.3 is 5.97 Å². The molecule has 0 aliphatic heterocycles. The number of non-ortho nitro benzene ring substituents is 1. The van der Waals surface area contributed by atoms with Crippen LogP contribution in [0.3, 0.4) is 0 Å². The van der Waals surface area contributed by atoms with Crippen LogP contribution >= 0.6 is 0 Å². The zero-order valence-corrected chi connectivity index (χ0v) is 16.5. The normalized spacial score (nSPS) is 10.8. The topological polar surface area (TPSA) is 107 Å². The molecular formula is C20H24N4O5. The summed E-state index contributed by atoms with van der Waals surface area (Å²) >= 11 is 0. The minimum absolute atomic E-state index is 0.0131. The number of ether oxygens (including phenoxy) is 2. The lowest BCUT2D eigenvalue weighted by Gasteiger charge is -2.23. The molecule has 0 heterocycles. The predicted molar refractivity (Wildman–Crippen MR) is 109 cm³/mol. The highest BCUT2D eigenvalue weighted by molar-refractivity contribution is 5.70. The van der Waals surface area contributed by atoms with Gasteiger partial charge in [0.15, 0.2) is 0 Å². The Labute approximate surface area is 169 Å². The van der Waals surface area contributed by atoms with Gasteiger partial charge in [-0.2, -0.15) is 10.2 Å². The van der Waals surface area contributed by atoms with Crippen molar-refractivity contribution in [3.05, 3.63) is 58.6 Å². The first-order chi connectivity index (χ1) is 14.0. The van der Waals surface area contributed by atoms with Gasteiger partial charge in [-0.15, -0.1) is 0 Å². The van der Waals surface area contributed by atoms with Crippen molar-refractivity contribution in [2.45, 2.75) is 13.8 Å². The minimum atomic E-state index is -0.457. The monoisotopic (exact) mass is 400 g/mol. The van der Waals surface area contributed by atoms with E-state index in [2.05, 4.69) is 15.1 Å². The second kappa shape index (κ2) is 11.5. The van der Waals surface area contributed by atoms with Gasteiger partial charge in [-0.3, -0.25) is 10.1 Å². The first kappa shape index (κ1) is 22.0. The number of benzene rings is 2. The van der Waals surface area contributed by atoms with E-state index in [9.17, 15) is 14.9 Å². The van der Waals surface area contributed by atoms with Gasteiger partial charge in [0.25, 0.3) is 5.69 Å².